The summed E-state index contributed by atoms with van der Waals surface area (Å²) < 4.78 is 14.6. The highest BCUT2D eigenvalue weighted by atomic mass is 35.5. The van der Waals surface area contributed by atoms with Gasteiger partial charge in [0.2, 0.25) is 0 Å². The Hall–Kier alpha value is -1.58. The summed E-state index contributed by atoms with van der Waals surface area (Å²) in [5.41, 5.74) is 1.89. The molecule has 1 aromatic heterocycles. The van der Waals surface area contributed by atoms with Gasteiger partial charge in [0.05, 0.1) is 16.8 Å². The molecule has 0 radical (unpaired) electrons. The molecule has 0 aliphatic rings. The van der Waals surface area contributed by atoms with Crippen molar-refractivity contribution in [1.82, 2.24) is 0 Å². The lowest BCUT2D eigenvalue weighted by Gasteiger charge is -2.16. The average Bonchev–Trinajstić information content (AvgIpc) is 2.81. The number of hydrogen-bond acceptors (Lipinski definition) is 2. The van der Waals surface area contributed by atoms with Gasteiger partial charge in [0.25, 0.3) is 0 Å². The smallest absolute Gasteiger partial charge is 0.125 e. The molecule has 0 saturated heterocycles. The van der Waals surface area contributed by atoms with E-state index in [2.05, 4.69) is 31.3 Å². The molecule has 3 aromatic rings. The summed E-state index contributed by atoms with van der Waals surface area (Å²) in [5, 5.41) is 5.11. The van der Waals surface area contributed by atoms with Gasteiger partial charge in [0.1, 0.15) is 5.82 Å². The molecular weight excluding hydrogens is 305 g/mol. The summed E-state index contributed by atoms with van der Waals surface area (Å²) >= 11 is 7.88. The lowest BCUT2D eigenvalue weighted by Crippen LogP contribution is -2.06. The lowest BCUT2D eigenvalue weighted by atomic mass is 10.1. The van der Waals surface area contributed by atoms with Crippen molar-refractivity contribution in [2.24, 2.45) is 0 Å². The van der Waals surface area contributed by atoms with Crippen molar-refractivity contribution >= 4 is 38.7 Å². The molecule has 0 aliphatic heterocycles. The van der Waals surface area contributed by atoms with Crippen LogP contribution < -0.4 is 5.32 Å². The van der Waals surface area contributed by atoms with Crippen LogP contribution in [0.1, 0.15) is 23.4 Å². The largest absolute Gasteiger partial charge is 0.376 e. The van der Waals surface area contributed by atoms with Crippen LogP contribution >= 0.6 is 22.9 Å². The van der Waals surface area contributed by atoms with E-state index in [1.54, 1.807) is 17.4 Å². The van der Waals surface area contributed by atoms with E-state index in [9.17, 15) is 4.39 Å². The van der Waals surface area contributed by atoms with E-state index in [0.29, 0.717) is 10.7 Å². The van der Waals surface area contributed by atoms with Crippen LogP contribution in [-0.2, 0) is 0 Å². The molecule has 0 amide bonds. The number of benzene rings is 2. The standard InChI is InChI=1S/C17H15ClFNS/c1-10-13-5-3-4-6-16(13)21-17(10)11(2)20-15-9-12(19)7-8-14(15)18/h3-9,11,20H,1-2H3. The SMILES string of the molecule is Cc1c(C(C)Nc2cc(F)ccc2Cl)sc2ccccc12. The van der Waals surface area contributed by atoms with Crippen molar-refractivity contribution in [3.8, 4) is 0 Å². The van der Waals surface area contributed by atoms with E-state index in [-0.39, 0.29) is 11.9 Å². The van der Waals surface area contributed by atoms with Crippen LogP contribution in [0.3, 0.4) is 0 Å². The zero-order chi connectivity index (χ0) is 15.0. The number of fused-ring (bicyclic) bond motifs is 1. The van der Waals surface area contributed by atoms with Gasteiger partial charge in [-0.25, -0.2) is 4.39 Å². The number of hydrogen-bond donors (Lipinski definition) is 1. The second-order valence-electron chi connectivity index (χ2n) is 5.08. The first-order valence-electron chi connectivity index (χ1n) is 6.76. The molecule has 0 spiro atoms. The highest BCUT2D eigenvalue weighted by Gasteiger charge is 2.15. The van der Waals surface area contributed by atoms with Crippen molar-refractivity contribution in [1.29, 1.82) is 0 Å². The van der Waals surface area contributed by atoms with Crippen molar-refractivity contribution in [3.05, 3.63) is 63.7 Å². The molecular formula is C17H15ClFNS. The first-order chi connectivity index (χ1) is 10.1. The summed E-state index contributed by atoms with van der Waals surface area (Å²) in [5.74, 6) is -0.290. The Bertz CT molecular complexity index is 797. The Balaban J connectivity index is 1.95. The van der Waals surface area contributed by atoms with Gasteiger partial charge in [-0.15, -0.1) is 11.3 Å². The molecule has 0 aliphatic carbocycles. The van der Waals surface area contributed by atoms with Crippen LogP contribution in [-0.4, -0.2) is 0 Å². The van der Waals surface area contributed by atoms with E-state index < -0.39 is 0 Å². The Morgan fingerprint density at radius 2 is 1.95 bits per heavy atom. The molecule has 0 fully saturated rings. The Morgan fingerprint density at radius 1 is 1.19 bits per heavy atom. The van der Waals surface area contributed by atoms with Crippen LogP contribution in [0.25, 0.3) is 10.1 Å². The van der Waals surface area contributed by atoms with Gasteiger partial charge in [0, 0.05) is 9.58 Å². The quantitative estimate of drug-likeness (QED) is 0.608. The Kier molecular flexibility index (Phi) is 3.87. The third-order valence-corrected chi connectivity index (χ3v) is 5.36. The molecule has 0 bridgehead atoms. The Labute approximate surface area is 132 Å². The van der Waals surface area contributed by atoms with Crippen LogP contribution in [0, 0.1) is 12.7 Å². The normalized spacial score (nSPS) is 12.6. The number of halogens is 2. The maximum Gasteiger partial charge on any atom is 0.125 e. The number of nitrogens with one attached hydrogen (secondary N) is 1. The van der Waals surface area contributed by atoms with Gasteiger partial charge < -0.3 is 5.32 Å². The van der Waals surface area contributed by atoms with Crippen molar-refractivity contribution in [2.45, 2.75) is 19.9 Å². The Morgan fingerprint density at radius 3 is 2.71 bits per heavy atom. The summed E-state index contributed by atoms with van der Waals surface area (Å²) in [6.45, 7) is 4.19. The monoisotopic (exact) mass is 319 g/mol. The second kappa shape index (κ2) is 5.66. The van der Waals surface area contributed by atoms with Crippen LogP contribution in [0.2, 0.25) is 5.02 Å². The fraction of sp³-hybridized carbons (Fsp3) is 0.176. The third kappa shape index (κ3) is 2.76. The first-order valence-corrected chi connectivity index (χ1v) is 7.95. The predicted molar refractivity (Wildman–Crippen MR) is 90.0 cm³/mol. The van der Waals surface area contributed by atoms with E-state index in [1.807, 2.05) is 12.1 Å². The summed E-state index contributed by atoms with van der Waals surface area (Å²) in [4.78, 5) is 1.25. The summed E-state index contributed by atoms with van der Waals surface area (Å²) in [6, 6.07) is 12.8. The average molecular weight is 320 g/mol. The number of aryl methyl sites for hydroxylation is 1. The van der Waals surface area contributed by atoms with Gasteiger partial charge in [-0.2, -0.15) is 0 Å². The lowest BCUT2D eigenvalue weighted by molar-refractivity contribution is 0.628. The minimum atomic E-state index is -0.290. The molecule has 0 saturated carbocycles. The number of anilines is 1. The highest BCUT2D eigenvalue weighted by Crippen LogP contribution is 2.36. The molecule has 21 heavy (non-hydrogen) atoms. The maximum absolute atomic E-state index is 13.4. The molecule has 1 heterocycles. The molecule has 1 N–H and O–H groups in total. The molecule has 4 heteroatoms. The molecule has 108 valence electrons. The zero-order valence-electron chi connectivity index (χ0n) is 11.8. The van der Waals surface area contributed by atoms with Gasteiger partial charge >= 0.3 is 0 Å². The van der Waals surface area contributed by atoms with E-state index >= 15 is 0 Å². The minimum absolute atomic E-state index is 0.0710. The van der Waals surface area contributed by atoms with Gasteiger partial charge in [0.15, 0.2) is 0 Å². The van der Waals surface area contributed by atoms with Gasteiger partial charge in [-0.1, -0.05) is 29.8 Å². The zero-order valence-corrected chi connectivity index (χ0v) is 13.4. The number of thiophene rings is 1. The molecule has 1 atom stereocenters. The fourth-order valence-electron chi connectivity index (χ4n) is 2.51. The highest BCUT2D eigenvalue weighted by molar-refractivity contribution is 7.19. The molecule has 2 aromatic carbocycles. The number of rotatable bonds is 3. The van der Waals surface area contributed by atoms with Crippen molar-refractivity contribution < 1.29 is 4.39 Å². The van der Waals surface area contributed by atoms with Gasteiger partial charge in [-0.3, -0.25) is 0 Å². The van der Waals surface area contributed by atoms with Crippen LogP contribution in [0.15, 0.2) is 42.5 Å². The van der Waals surface area contributed by atoms with E-state index in [1.165, 1.54) is 32.7 Å². The molecule has 1 unspecified atom stereocenters. The van der Waals surface area contributed by atoms with Crippen molar-refractivity contribution in [2.75, 3.05) is 5.32 Å². The summed E-state index contributed by atoms with van der Waals surface area (Å²) in [6.07, 6.45) is 0. The second-order valence-corrected chi connectivity index (χ2v) is 6.57. The van der Waals surface area contributed by atoms with Crippen molar-refractivity contribution in [3.63, 3.8) is 0 Å². The van der Waals surface area contributed by atoms with Crippen LogP contribution in [0.4, 0.5) is 10.1 Å². The first kappa shape index (κ1) is 14.4. The molecule has 3 rings (SSSR count). The van der Waals surface area contributed by atoms with E-state index in [0.717, 1.165) is 0 Å². The van der Waals surface area contributed by atoms with Gasteiger partial charge in [-0.05, 0) is 49.1 Å². The summed E-state index contributed by atoms with van der Waals surface area (Å²) in [7, 11) is 0. The van der Waals surface area contributed by atoms with E-state index in [4.69, 9.17) is 11.6 Å². The molecule has 1 nitrogen and oxygen atoms in total. The fourth-order valence-corrected chi connectivity index (χ4v) is 3.90. The topological polar surface area (TPSA) is 12.0 Å². The predicted octanol–water partition coefficient (Wildman–Crippen LogP) is 6.18. The van der Waals surface area contributed by atoms with Crippen LogP contribution in [0.5, 0.6) is 0 Å². The third-order valence-electron chi connectivity index (χ3n) is 3.57. The minimum Gasteiger partial charge on any atom is -0.376 e. The maximum atomic E-state index is 13.4.